The monoisotopic (exact) mass is 358 g/mol. The lowest BCUT2D eigenvalue weighted by atomic mass is 10.2. The van der Waals surface area contributed by atoms with E-state index in [0.717, 1.165) is 12.8 Å². The Balaban J connectivity index is 1.68. The third-order valence-electron chi connectivity index (χ3n) is 2.99. The van der Waals surface area contributed by atoms with Crippen LogP contribution in [-0.2, 0) is 4.79 Å². The van der Waals surface area contributed by atoms with Crippen LogP contribution in [0.5, 0.6) is 0 Å². The standard InChI is InChI=1S/C14H16BrClN2O2/c15-11-8-9(3-6-12(11)16)14(20)17-7-1-2-13(19)18-10-4-5-10/h3,6,8,10H,1-2,4-5,7H2,(H,17,20)(H,18,19). The average molecular weight is 360 g/mol. The molecule has 1 aliphatic carbocycles. The van der Waals surface area contributed by atoms with Crippen molar-refractivity contribution in [2.75, 3.05) is 6.54 Å². The fourth-order valence-electron chi connectivity index (χ4n) is 1.72. The van der Waals surface area contributed by atoms with E-state index in [2.05, 4.69) is 26.6 Å². The van der Waals surface area contributed by atoms with Crippen molar-refractivity contribution >= 4 is 39.3 Å². The van der Waals surface area contributed by atoms with Crippen LogP contribution in [-0.4, -0.2) is 24.4 Å². The summed E-state index contributed by atoms with van der Waals surface area (Å²) < 4.78 is 0.690. The second-order valence-electron chi connectivity index (χ2n) is 4.83. The van der Waals surface area contributed by atoms with Crippen molar-refractivity contribution in [3.63, 3.8) is 0 Å². The van der Waals surface area contributed by atoms with E-state index in [1.165, 1.54) is 0 Å². The van der Waals surface area contributed by atoms with Crippen molar-refractivity contribution in [1.82, 2.24) is 10.6 Å². The molecule has 1 aromatic carbocycles. The lowest BCUT2D eigenvalue weighted by molar-refractivity contribution is -0.121. The van der Waals surface area contributed by atoms with E-state index in [4.69, 9.17) is 11.6 Å². The maximum absolute atomic E-state index is 11.9. The average Bonchev–Trinajstić information content (AvgIpc) is 3.21. The molecule has 1 fully saturated rings. The molecule has 6 heteroatoms. The molecule has 2 rings (SSSR count). The summed E-state index contributed by atoms with van der Waals surface area (Å²) in [4.78, 5) is 23.3. The number of nitrogens with one attached hydrogen (secondary N) is 2. The molecule has 2 N–H and O–H groups in total. The summed E-state index contributed by atoms with van der Waals surface area (Å²) in [7, 11) is 0. The summed E-state index contributed by atoms with van der Waals surface area (Å²) >= 11 is 9.15. The van der Waals surface area contributed by atoms with Crippen LogP contribution in [0.25, 0.3) is 0 Å². The molecule has 0 spiro atoms. The first-order valence-electron chi connectivity index (χ1n) is 6.59. The number of halogens is 2. The Kier molecular flexibility index (Phi) is 5.43. The molecule has 4 nitrogen and oxygen atoms in total. The lowest BCUT2D eigenvalue weighted by Crippen LogP contribution is -2.28. The van der Waals surface area contributed by atoms with Crippen molar-refractivity contribution < 1.29 is 9.59 Å². The predicted octanol–water partition coefficient (Wildman–Crippen LogP) is 2.89. The van der Waals surface area contributed by atoms with Crippen LogP contribution in [0, 0.1) is 0 Å². The first kappa shape index (κ1) is 15.3. The Morgan fingerprint density at radius 2 is 2.10 bits per heavy atom. The van der Waals surface area contributed by atoms with Crippen molar-refractivity contribution in [2.45, 2.75) is 31.7 Å². The van der Waals surface area contributed by atoms with Crippen molar-refractivity contribution in [2.24, 2.45) is 0 Å². The number of hydrogen-bond donors (Lipinski definition) is 2. The van der Waals surface area contributed by atoms with Crippen molar-refractivity contribution in [1.29, 1.82) is 0 Å². The maximum atomic E-state index is 11.9. The Bertz CT molecular complexity index is 518. The Morgan fingerprint density at radius 1 is 1.35 bits per heavy atom. The van der Waals surface area contributed by atoms with Gasteiger partial charge in [0.15, 0.2) is 0 Å². The van der Waals surface area contributed by atoms with Gasteiger partial charge in [0.05, 0.1) is 5.02 Å². The fourth-order valence-corrected chi connectivity index (χ4v) is 2.21. The van der Waals surface area contributed by atoms with E-state index in [9.17, 15) is 9.59 Å². The zero-order valence-corrected chi connectivity index (χ0v) is 13.3. The molecule has 0 aromatic heterocycles. The molecule has 0 bridgehead atoms. The Morgan fingerprint density at radius 3 is 2.75 bits per heavy atom. The second kappa shape index (κ2) is 7.09. The van der Waals surface area contributed by atoms with Crippen LogP contribution in [0.1, 0.15) is 36.0 Å². The van der Waals surface area contributed by atoms with Crippen LogP contribution < -0.4 is 10.6 Å². The highest BCUT2D eigenvalue weighted by Crippen LogP contribution is 2.23. The highest BCUT2D eigenvalue weighted by atomic mass is 79.9. The van der Waals surface area contributed by atoms with Crippen LogP contribution >= 0.6 is 27.5 Å². The Hall–Kier alpha value is -1.07. The van der Waals surface area contributed by atoms with E-state index >= 15 is 0 Å². The molecule has 0 radical (unpaired) electrons. The van der Waals surface area contributed by atoms with E-state index in [-0.39, 0.29) is 11.8 Å². The van der Waals surface area contributed by atoms with Gasteiger partial charge < -0.3 is 10.6 Å². The lowest BCUT2D eigenvalue weighted by Gasteiger charge is -2.06. The summed E-state index contributed by atoms with van der Waals surface area (Å²) in [5.74, 6) is -0.0963. The van der Waals surface area contributed by atoms with Crippen molar-refractivity contribution in [3.05, 3.63) is 33.3 Å². The fraction of sp³-hybridized carbons (Fsp3) is 0.429. The van der Waals surface area contributed by atoms with Gasteiger partial charge in [0.25, 0.3) is 5.91 Å². The predicted molar refractivity (Wildman–Crippen MR) is 81.9 cm³/mol. The molecular formula is C14H16BrClN2O2. The smallest absolute Gasteiger partial charge is 0.251 e. The van der Waals surface area contributed by atoms with Gasteiger partial charge in [0.2, 0.25) is 5.91 Å². The van der Waals surface area contributed by atoms with Crippen LogP contribution in [0.3, 0.4) is 0 Å². The molecule has 1 saturated carbocycles. The molecule has 0 heterocycles. The minimum atomic E-state index is -0.162. The molecule has 108 valence electrons. The maximum Gasteiger partial charge on any atom is 0.251 e. The largest absolute Gasteiger partial charge is 0.353 e. The number of carbonyl (C=O) groups excluding carboxylic acids is 2. The quantitative estimate of drug-likeness (QED) is 0.767. The third-order valence-corrected chi connectivity index (χ3v) is 4.20. The number of rotatable bonds is 6. The molecule has 0 atom stereocenters. The second-order valence-corrected chi connectivity index (χ2v) is 6.09. The van der Waals surface area contributed by atoms with E-state index in [1.54, 1.807) is 18.2 Å². The number of benzene rings is 1. The summed E-state index contributed by atoms with van der Waals surface area (Å²) in [6, 6.07) is 5.41. The molecule has 0 aliphatic heterocycles. The summed E-state index contributed by atoms with van der Waals surface area (Å²) in [6.07, 6.45) is 3.27. The topological polar surface area (TPSA) is 58.2 Å². The number of hydrogen-bond acceptors (Lipinski definition) is 2. The molecule has 1 aliphatic rings. The van der Waals surface area contributed by atoms with Crippen LogP contribution in [0.2, 0.25) is 5.02 Å². The van der Waals surface area contributed by atoms with E-state index < -0.39 is 0 Å². The molecule has 20 heavy (non-hydrogen) atoms. The van der Waals surface area contributed by atoms with Gasteiger partial charge in [0.1, 0.15) is 0 Å². The summed E-state index contributed by atoms with van der Waals surface area (Å²) in [6.45, 7) is 0.483. The summed E-state index contributed by atoms with van der Waals surface area (Å²) in [5, 5.41) is 6.27. The molecule has 0 saturated heterocycles. The van der Waals surface area contributed by atoms with Gasteiger partial charge in [-0.2, -0.15) is 0 Å². The zero-order valence-electron chi connectivity index (χ0n) is 10.9. The molecule has 1 aromatic rings. The van der Waals surface area contributed by atoms with Gasteiger partial charge in [-0.15, -0.1) is 0 Å². The van der Waals surface area contributed by atoms with E-state index in [0.29, 0.717) is 40.5 Å². The van der Waals surface area contributed by atoms with Gasteiger partial charge in [-0.05, 0) is 53.4 Å². The zero-order chi connectivity index (χ0) is 14.5. The Labute approximate surface area is 131 Å². The summed E-state index contributed by atoms with van der Waals surface area (Å²) in [5.41, 5.74) is 0.545. The van der Waals surface area contributed by atoms with E-state index in [1.807, 2.05) is 0 Å². The highest BCUT2D eigenvalue weighted by Gasteiger charge is 2.22. The first-order chi connectivity index (χ1) is 9.56. The molecular weight excluding hydrogens is 344 g/mol. The van der Waals surface area contributed by atoms with Gasteiger partial charge in [-0.1, -0.05) is 11.6 Å². The number of carbonyl (C=O) groups is 2. The highest BCUT2D eigenvalue weighted by molar-refractivity contribution is 9.10. The normalized spacial score (nSPS) is 13.9. The first-order valence-corrected chi connectivity index (χ1v) is 7.76. The minimum absolute atomic E-state index is 0.0657. The number of amides is 2. The third kappa shape index (κ3) is 4.80. The minimum Gasteiger partial charge on any atom is -0.353 e. The van der Waals surface area contributed by atoms with Gasteiger partial charge >= 0.3 is 0 Å². The van der Waals surface area contributed by atoms with Gasteiger partial charge in [0, 0.05) is 29.0 Å². The van der Waals surface area contributed by atoms with Crippen LogP contribution in [0.15, 0.2) is 22.7 Å². The molecule has 2 amide bonds. The van der Waals surface area contributed by atoms with Gasteiger partial charge in [-0.3, -0.25) is 9.59 Å². The van der Waals surface area contributed by atoms with Crippen LogP contribution in [0.4, 0.5) is 0 Å². The van der Waals surface area contributed by atoms with Gasteiger partial charge in [-0.25, -0.2) is 0 Å². The van der Waals surface area contributed by atoms with Crippen molar-refractivity contribution in [3.8, 4) is 0 Å². The molecule has 0 unspecified atom stereocenters. The SMILES string of the molecule is O=C(CCCNC(=O)c1ccc(Cl)c(Br)c1)NC1CC1.